The first-order valence-corrected chi connectivity index (χ1v) is 8.16. The van der Waals surface area contributed by atoms with Crippen molar-refractivity contribution in [2.45, 2.75) is 32.7 Å². The minimum absolute atomic E-state index is 0.100. The molecule has 6 nitrogen and oxygen atoms in total. The Hall–Kier alpha value is -2.34. The number of ether oxygens (including phenoxy) is 1. The number of hydrogen-bond donors (Lipinski definition) is 2. The molecule has 128 valence electrons. The monoisotopic (exact) mass is 330 g/mol. The molecule has 0 aliphatic carbocycles. The number of H-pyrrole nitrogens is 1. The van der Waals surface area contributed by atoms with E-state index in [-0.39, 0.29) is 18.5 Å². The summed E-state index contributed by atoms with van der Waals surface area (Å²) < 4.78 is 5.32. The van der Waals surface area contributed by atoms with E-state index in [2.05, 4.69) is 11.1 Å². The van der Waals surface area contributed by atoms with Crippen LogP contribution in [0.4, 0.5) is 0 Å². The highest BCUT2D eigenvalue weighted by atomic mass is 16.5. The topological polar surface area (TPSA) is 82.6 Å². The molecule has 1 amide bonds. The second kappa shape index (κ2) is 6.65. The third-order valence-electron chi connectivity index (χ3n) is 4.52. The molecular formula is C18H22N2O4. The van der Waals surface area contributed by atoms with Crippen LogP contribution in [0.1, 0.15) is 34.5 Å². The van der Waals surface area contributed by atoms with Crippen molar-refractivity contribution in [1.29, 1.82) is 0 Å². The summed E-state index contributed by atoms with van der Waals surface area (Å²) in [7, 11) is 0. The van der Waals surface area contributed by atoms with Crippen LogP contribution < -0.4 is 0 Å². The van der Waals surface area contributed by atoms with Crippen LogP contribution >= 0.6 is 0 Å². The number of carbonyl (C=O) groups is 2. The van der Waals surface area contributed by atoms with E-state index in [0.29, 0.717) is 31.7 Å². The molecule has 0 saturated carbocycles. The predicted octanol–water partition coefficient (Wildman–Crippen LogP) is 2.49. The molecule has 1 aliphatic rings. The molecule has 0 radical (unpaired) electrons. The standard InChI is InChI=1S/C18H22N2O4/c1-11-7-12(2)14-9-16(19-15(14)8-11)18(23)20(10-17(21)22)13-3-5-24-6-4-13/h7-9,13,19H,3-6,10H2,1-2H3,(H,21,22). The van der Waals surface area contributed by atoms with Crippen molar-refractivity contribution in [3.05, 3.63) is 35.0 Å². The number of benzene rings is 1. The van der Waals surface area contributed by atoms with Gasteiger partial charge in [0, 0.05) is 30.2 Å². The van der Waals surface area contributed by atoms with E-state index >= 15 is 0 Å². The minimum Gasteiger partial charge on any atom is -0.480 e. The molecule has 2 N–H and O–H groups in total. The number of aryl methyl sites for hydroxylation is 2. The van der Waals surface area contributed by atoms with Crippen LogP contribution in [-0.2, 0) is 9.53 Å². The number of rotatable bonds is 4. The first-order chi connectivity index (χ1) is 11.5. The largest absolute Gasteiger partial charge is 0.480 e. The van der Waals surface area contributed by atoms with Gasteiger partial charge in [-0.2, -0.15) is 0 Å². The fraction of sp³-hybridized carbons (Fsp3) is 0.444. The average molecular weight is 330 g/mol. The molecule has 0 bridgehead atoms. The number of hydrogen-bond acceptors (Lipinski definition) is 3. The van der Waals surface area contributed by atoms with Gasteiger partial charge >= 0.3 is 5.97 Å². The summed E-state index contributed by atoms with van der Waals surface area (Å²) in [5, 5.41) is 10.2. The van der Waals surface area contributed by atoms with Crippen LogP contribution in [-0.4, -0.2) is 52.7 Å². The summed E-state index contributed by atoms with van der Waals surface area (Å²) >= 11 is 0. The number of carboxylic acids is 1. The van der Waals surface area contributed by atoms with E-state index < -0.39 is 5.97 Å². The maximum atomic E-state index is 12.9. The van der Waals surface area contributed by atoms with Crippen molar-refractivity contribution >= 4 is 22.8 Å². The first kappa shape index (κ1) is 16.5. The molecule has 1 aromatic heterocycles. The number of aliphatic carboxylic acids is 1. The van der Waals surface area contributed by atoms with Crippen LogP contribution in [0.5, 0.6) is 0 Å². The Morgan fingerprint density at radius 1 is 1.25 bits per heavy atom. The molecule has 24 heavy (non-hydrogen) atoms. The third kappa shape index (κ3) is 3.28. The zero-order valence-corrected chi connectivity index (χ0v) is 14.0. The lowest BCUT2D eigenvalue weighted by Gasteiger charge is -2.32. The molecule has 0 spiro atoms. The Morgan fingerprint density at radius 3 is 2.62 bits per heavy atom. The lowest BCUT2D eigenvalue weighted by molar-refractivity contribution is -0.138. The number of carboxylic acid groups (broad SMARTS) is 1. The number of nitrogens with zero attached hydrogens (tertiary/aromatic N) is 1. The van der Waals surface area contributed by atoms with Gasteiger partial charge in [-0.25, -0.2) is 0 Å². The second-order valence-corrected chi connectivity index (χ2v) is 6.40. The number of aromatic amines is 1. The van der Waals surface area contributed by atoms with Crippen molar-refractivity contribution in [1.82, 2.24) is 9.88 Å². The molecule has 1 aromatic carbocycles. The number of carbonyl (C=O) groups excluding carboxylic acids is 1. The second-order valence-electron chi connectivity index (χ2n) is 6.40. The molecule has 2 aromatic rings. The quantitative estimate of drug-likeness (QED) is 0.902. The van der Waals surface area contributed by atoms with E-state index in [0.717, 1.165) is 22.0 Å². The van der Waals surface area contributed by atoms with Gasteiger partial charge in [0.2, 0.25) is 0 Å². The van der Waals surface area contributed by atoms with Crippen molar-refractivity contribution < 1.29 is 19.4 Å². The maximum absolute atomic E-state index is 12.9. The van der Waals surface area contributed by atoms with E-state index in [1.807, 2.05) is 26.0 Å². The summed E-state index contributed by atoms with van der Waals surface area (Å²) in [6.07, 6.45) is 1.33. The van der Waals surface area contributed by atoms with Crippen LogP contribution in [0.25, 0.3) is 10.9 Å². The van der Waals surface area contributed by atoms with E-state index in [1.165, 1.54) is 4.90 Å². The smallest absolute Gasteiger partial charge is 0.323 e. The normalized spacial score (nSPS) is 15.6. The SMILES string of the molecule is Cc1cc(C)c2cc(C(=O)N(CC(=O)O)C3CCOCC3)[nH]c2c1. The Bertz CT molecular complexity index is 775. The number of fused-ring (bicyclic) bond motifs is 1. The van der Waals surface area contributed by atoms with E-state index in [4.69, 9.17) is 4.74 Å². The van der Waals surface area contributed by atoms with Crippen molar-refractivity contribution in [3.63, 3.8) is 0 Å². The van der Waals surface area contributed by atoms with Gasteiger partial charge in [-0.05, 0) is 49.9 Å². The predicted molar refractivity (Wildman–Crippen MR) is 90.3 cm³/mol. The summed E-state index contributed by atoms with van der Waals surface area (Å²) in [5.41, 5.74) is 3.55. The molecular weight excluding hydrogens is 308 g/mol. The zero-order chi connectivity index (χ0) is 17.3. The van der Waals surface area contributed by atoms with Crippen LogP contribution in [0.2, 0.25) is 0 Å². The fourth-order valence-electron chi connectivity index (χ4n) is 3.38. The number of aromatic nitrogens is 1. The molecule has 1 aliphatic heterocycles. The summed E-state index contributed by atoms with van der Waals surface area (Å²) in [4.78, 5) is 28.8. The zero-order valence-electron chi connectivity index (χ0n) is 14.0. The van der Waals surface area contributed by atoms with Crippen molar-refractivity contribution in [3.8, 4) is 0 Å². The molecule has 1 fully saturated rings. The molecule has 0 unspecified atom stereocenters. The molecule has 0 atom stereocenters. The van der Waals surface area contributed by atoms with E-state index in [1.54, 1.807) is 0 Å². The Labute approximate surface area is 140 Å². The van der Waals surface area contributed by atoms with Gasteiger partial charge in [0.05, 0.1) is 0 Å². The van der Waals surface area contributed by atoms with Crippen LogP contribution in [0.3, 0.4) is 0 Å². The minimum atomic E-state index is -1.00. The van der Waals surface area contributed by atoms with Gasteiger partial charge in [0.1, 0.15) is 12.2 Å². The lowest BCUT2D eigenvalue weighted by atomic mass is 10.1. The highest BCUT2D eigenvalue weighted by Gasteiger charge is 2.29. The highest BCUT2D eigenvalue weighted by molar-refractivity contribution is 6.00. The maximum Gasteiger partial charge on any atom is 0.323 e. The highest BCUT2D eigenvalue weighted by Crippen LogP contribution is 2.24. The third-order valence-corrected chi connectivity index (χ3v) is 4.52. The number of amides is 1. The fourth-order valence-corrected chi connectivity index (χ4v) is 3.38. The summed E-state index contributed by atoms with van der Waals surface area (Å²) in [6, 6.07) is 5.78. The molecule has 2 heterocycles. The Balaban J connectivity index is 1.94. The number of nitrogens with one attached hydrogen (secondary N) is 1. The van der Waals surface area contributed by atoms with Gasteiger partial charge in [-0.1, -0.05) is 6.07 Å². The van der Waals surface area contributed by atoms with Gasteiger partial charge in [-0.3, -0.25) is 9.59 Å². The lowest BCUT2D eigenvalue weighted by Crippen LogP contribution is -2.46. The molecule has 6 heteroatoms. The Kier molecular flexibility index (Phi) is 4.57. The van der Waals surface area contributed by atoms with Crippen LogP contribution in [0.15, 0.2) is 18.2 Å². The van der Waals surface area contributed by atoms with Gasteiger partial charge < -0.3 is 19.7 Å². The van der Waals surface area contributed by atoms with Crippen molar-refractivity contribution in [2.75, 3.05) is 19.8 Å². The average Bonchev–Trinajstić information content (AvgIpc) is 2.97. The van der Waals surface area contributed by atoms with Gasteiger partial charge in [-0.15, -0.1) is 0 Å². The summed E-state index contributed by atoms with van der Waals surface area (Å²) in [5.74, 6) is -1.27. The Morgan fingerprint density at radius 2 is 1.96 bits per heavy atom. The van der Waals surface area contributed by atoms with Crippen molar-refractivity contribution in [2.24, 2.45) is 0 Å². The molecule has 1 saturated heterocycles. The molecule has 3 rings (SSSR count). The van der Waals surface area contributed by atoms with Gasteiger partial charge in [0.25, 0.3) is 5.91 Å². The van der Waals surface area contributed by atoms with Gasteiger partial charge in [0.15, 0.2) is 0 Å². The van der Waals surface area contributed by atoms with Crippen LogP contribution in [0, 0.1) is 13.8 Å². The van der Waals surface area contributed by atoms with E-state index in [9.17, 15) is 14.7 Å². The first-order valence-electron chi connectivity index (χ1n) is 8.16. The summed E-state index contributed by atoms with van der Waals surface area (Å²) in [6.45, 7) is 4.83.